The fourth-order valence-corrected chi connectivity index (χ4v) is 2.95. The van der Waals surface area contributed by atoms with E-state index in [2.05, 4.69) is 11.4 Å². The van der Waals surface area contributed by atoms with Gasteiger partial charge in [-0.15, -0.1) is 11.3 Å². The highest BCUT2D eigenvalue weighted by Crippen LogP contribution is 2.27. The first-order chi connectivity index (χ1) is 8.70. The fraction of sp³-hybridized carbons (Fsp3) is 0.286. The molecule has 0 aliphatic heterocycles. The Morgan fingerprint density at radius 3 is 2.89 bits per heavy atom. The van der Waals surface area contributed by atoms with Crippen LogP contribution in [0, 0.1) is 5.82 Å². The van der Waals surface area contributed by atoms with Crippen LogP contribution in [0.2, 0.25) is 5.02 Å². The molecule has 0 bridgehead atoms. The minimum Gasteiger partial charge on any atom is -0.310 e. The van der Waals surface area contributed by atoms with Crippen molar-refractivity contribution in [1.29, 1.82) is 0 Å². The van der Waals surface area contributed by atoms with Gasteiger partial charge in [0.1, 0.15) is 5.82 Å². The van der Waals surface area contributed by atoms with Crippen molar-refractivity contribution in [1.82, 2.24) is 5.32 Å². The summed E-state index contributed by atoms with van der Waals surface area (Å²) >= 11 is 7.87. The molecule has 18 heavy (non-hydrogen) atoms. The summed E-state index contributed by atoms with van der Waals surface area (Å²) in [6.07, 6.45) is 0.828. The summed E-state index contributed by atoms with van der Waals surface area (Å²) in [4.78, 5) is 1.27. The van der Waals surface area contributed by atoms with E-state index in [0.29, 0.717) is 5.02 Å². The van der Waals surface area contributed by atoms with Crippen molar-refractivity contribution >= 4 is 22.9 Å². The van der Waals surface area contributed by atoms with Crippen molar-refractivity contribution in [3.63, 3.8) is 0 Å². The van der Waals surface area contributed by atoms with E-state index >= 15 is 0 Å². The Morgan fingerprint density at radius 2 is 2.22 bits per heavy atom. The predicted molar refractivity (Wildman–Crippen MR) is 75.9 cm³/mol. The molecule has 0 saturated carbocycles. The van der Waals surface area contributed by atoms with Crippen LogP contribution in [0.5, 0.6) is 0 Å². The maximum Gasteiger partial charge on any atom is 0.123 e. The molecule has 96 valence electrons. The molecule has 2 rings (SSSR count). The van der Waals surface area contributed by atoms with Gasteiger partial charge in [-0.05, 0) is 41.8 Å². The second-order valence-corrected chi connectivity index (χ2v) is 5.50. The van der Waals surface area contributed by atoms with E-state index in [1.165, 1.54) is 17.0 Å². The van der Waals surface area contributed by atoms with Crippen LogP contribution in [0.25, 0.3) is 0 Å². The average molecular weight is 284 g/mol. The van der Waals surface area contributed by atoms with E-state index < -0.39 is 0 Å². The third-order valence-electron chi connectivity index (χ3n) is 2.77. The average Bonchev–Trinajstić information content (AvgIpc) is 2.85. The monoisotopic (exact) mass is 283 g/mol. The number of thiophene rings is 1. The number of benzene rings is 1. The van der Waals surface area contributed by atoms with Gasteiger partial charge in [-0.25, -0.2) is 4.39 Å². The Balaban J connectivity index is 2.26. The quantitative estimate of drug-likeness (QED) is 0.856. The number of halogens is 2. The molecule has 1 nitrogen and oxygen atoms in total. The standard InChI is InChI=1S/C14H15ClFNS/c1-2-17-14(9-11-4-3-7-18-11)12-8-10(16)5-6-13(12)15/h3-8,14,17H,2,9H2,1H3. The van der Waals surface area contributed by atoms with Crippen LogP contribution < -0.4 is 5.32 Å². The molecule has 1 atom stereocenters. The largest absolute Gasteiger partial charge is 0.310 e. The molecular weight excluding hydrogens is 269 g/mol. The molecule has 0 aliphatic rings. The predicted octanol–water partition coefficient (Wildman–Crippen LogP) is 4.43. The van der Waals surface area contributed by atoms with Crippen LogP contribution in [0.15, 0.2) is 35.7 Å². The number of rotatable bonds is 5. The van der Waals surface area contributed by atoms with Gasteiger partial charge in [-0.3, -0.25) is 0 Å². The first-order valence-corrected chi connectivity index (χ1v) is 7.17. The summed E-state index contributed by atoms with van der Waals surface area (Å²) in [5, 5.41) is 6.02. The van der Waals surface area contributed by atoms with Gasteiger partial charge >= 0.3 is 0 Å². The lowest BCUT2D eigenvalue weighted by atomic mass is 10.0. The van der Waals surface area contributed by atoms with Crippen LogP contribution in [0.3, 0.4) is 0 Å². The molecule has 0 spiro atoms. The van der Waals surface area contributed by atoms with Gasteiger partial charge in [0.05, 0.1) is 0 Å². The second kappa shape index (κ2) is 6.32. The molecule has 0 saturated heterocycles. The number of nitrogens with one attached hydrogen (secondary N) is 1. The molecule has 1 unspecified atom stereocenters. The van der Waals surface area contributed by atoms with Crippen LogP contribution in [-0.4, -0.2) is 6.54 Å². The molecule has 1 aromatic carbocycles. The van der Waals surface area contributed by atoms with Crippen molar-refractivity contribution in [3.8, 4) is 0 Å². The molecule has 1 heterocycles. The number of likely N-dealkylation sites (N-methyl/N-ethyl adjacent to an activating group) is 1. The molecule has 2 aromatic rings. The minimum atomic E-state index is -0.247. The fourth-order valence-electron chi connectivity index (χ4n) is 1.95. The highest BCUT2D eigenvalue weighted by molar-refractivity contribution is 7.09. The van der Waals surface area contributed by atoms with Crippen LogP contribution in [0.4, 0.5) is 4.39 Å². The van der Waals surface area contributed by atoms with Crippen LogP contribution >= 0.6 is 22.9 Å². The smallest absolute Gasteiger partial charge is 0.123 e. The number of hydrogen-bond acceptors (Lipinski definition) is 2. The van der Waals surface area contributed by atoms with E-state index in [0.717, 1.165) is 18.5 Å². The minimum absolute atomic E-state index is 0.0526. The maximum atomic E-state index is 13.3. The van der Waals surface area contributed by atoms with Gasteiger partial charge in [0, 0.05) is 22.4 Å². The van der Waals surface area contributed by atoms with Gasteiger partial charge in [-0.1, -0.05) is 24.6 Å². The highest BCUT2D eigenvalue weighted by atomic mass is 35.5. The Kier molecular flexibility index (Phi) is 4.75. The first kappa shape index (κ1) is 13.5. The summed E-state index contributed by atoms with van der Waals surface area (Å²) in [7, 11) is 0. The lowest BCUT2D eigenvalue weighted by Gasteiger charge is -2.19. The molecule has 0 amide bonds. The molecule has 4 heteroatoms. The zero-order chi connectivity index (χ0) is 13.0. The second-order valence-electron chi connectivity index (χ2n) is 4.06. The lowest BCUT2D eigenvalue weighted by molar-refractivity contribution is 0.546. The van der Waals surface area contributed by atoms with E-state index in [-0.39, 0.29) is 11.9 Å². The van der Waals surface area contributed by atoms with E-state index in [1.807, 2.05) is 18.4 Å². The summed E-state index contributed by atoms with van der Waals surface area (Å²) in [5.41, 5.74) is 0.826. The maximum absolute atomic E-state index is 13.3. The van der Waals surface area contributed by atoms with Gasteiger partial charge in [0.2, 0.25) is 0 Å². The molecule has 0 radical (unpaired) electrons. The Morgan fingerprint density at radius 1 is 1.39 bits per heavy atom. The molecule has 0 fully saturated rings. The van der Waals surface area contributed by atoms with Crippen molar-refractivity contribution in [2.75, 3.05) is 6.54 Å². The normalized spacial score (nSPS) is 12.6. The molecule has 0 aliphatic carbocycles. The third-order valence-corrected chi connectivity index (χ3v) is 4.01. The van der Waals surface area contributed by atoms with Crippen molar-refractivity contribution in [2.45, 2.75) is 19.4 Å². The van der Waals surface area contributed by atoms with Crippen LogP contribution in [0.1, 0.15) is 23.4 Å². The van der Waals surface area contributed by atoms with E-state index in [1.54, 1.807) is 17.4 Å². The summed E-state index contributed by atoms with van der Waals surface area (Å²) in [5.74, 6) is -0.247. The van der Waals surface area contributed by atoms with E-state index in [4.69, 9.17) is 11.6 Å². The topological polar surface area (TPSA) is 12.0 Å². The van der Waals surface area contributed by atoms with Crippen molar-refractivity contribution < 1.29 is 4.39 Å². The first-order valence-electron chi connectivity index (χ1n) is 5.91. The summed E-state index contributed by atoms with van der Waals surface area (Å²) in [6.45, 7) is 2.86. The SMILES string of the molecule is CCNC(Cc1cccs1)c1cc(F)ccc1Cl. The Hall–Kier alpha value is -0.900. The van der Waals surface area contributed by atoms with Gasteiger partial charge in [-0.2, -0.15) is 0 Å². The van der Waals surface area contributed by atoms with Crippen molar-refractivity contribution in [2.24, 2.45) is 0 Å². The number of hydrogen-bond donors (Lipinski definition) is 1. The molecular formula is C14H15ClFNS. The van der Waals surface area contributed by atoms with Gasteiger partial charge in [0.15, 0.2) is 0 Å². The summed E-state index contributed by atoms with van der Waals surface area (Å²) < 4.78 is 13.3. The van der Waals surface area contributed by atoms with Gasteiger partial charge in [0.25, 0.3) is 0 Å². The zero-order valence-electron chi connectivity index (χ0n) is 10.1. The van der Waals surface area contributed by atoms with Crippen molar-refractivity contribution in [3.05, 3.63) is 57.0 Å². The zero-order valence-corrected chi connectivity index (χ0v) is 11.7. The third kappa shape index (κ3) is 3.31. The summed E-state index contributed by atoms with van der Waals surface area (Å²) in [6, 6.07) is 8.68. The lowest BCUT2D eigenvalue weighted by Crippen LogP contribution is -2.23. The molecule has 1 aromatic heterocycles. The van der Waals surface area contributed by atoms with Gasteiger partial charge < -0.3 is 5.32 Å². The highest BCUT2D eigenvalue weighted by Gasteiger charge is 2.15. The Labute approximate surface area is 116 Å². The van der Waals surface area contributed by atoms with E-state index in [9.17, 15) is 4.39 Å². The molecule has 1 N–H and O–H groups in total. The van der Waals surface area contributed by atoms with Crippen LogP contribution in [-0.2, 0) is 6.42 Å². The Bertz CT molecular complexity index is 499.